The van der Waals surface area contributed by atoms with Crippen LogP contribution in [0.1, 0.15) is 118 Å². The Morgan fingerprint density at radius 3 is 2.34 bits per heavy atom. The third kappa shape index (κ3) is 14.7. The van der Waals surface area contributed by atoms with Crippen molar-refractivity contribution in [1.29, 1.82) is 0 Å². The number of epoxide rings is 1. The molecule has 1 saturated heterocycles. The van der Waals surface area contributed by atoms with Gasteiger partial charge in [-0.1, -0.05) is 57.6 Å². The van der Waals surface area contributed by atoms with Crippen LogP contribution in [0.25, 0.3) is 0 Å². The Labute approximate surface area is 180 Å². The van der Waals surface area contributed by atoms with Crippen molar-refractivity contribution in [3.05, 3.63) is 12.2 Å². The van der Waals surface area contributed by atoms with Crippen LogP contribution in [-0.2, 0) is 9.53 Å². The Balaban J connectivity index is 1.93. The highest BCUT2D eigenvalue weighted by Crippen LogP contribution is 2.30. The van der Waals surface area contributed by atoms with E-state index < -0.39 is 0 Å². The van der Waals surface area contributed by atoms with Crippen LogP contribution in [0.5, 0.6) is 0 Å². The molecule has 2 atom stereocenters. The highest BCUT2D eigenvalue weighted by molar-refractivity contribution is 5.76. The van der Waals surface area contributed by atoms with E-state index in [1.807, 2.05) is 13.8 Å². The zero-order valence-electron chi connectivity index (χ0n) is 19.9. The zero-order chi connectivity index (χ0) is 21.8. The van der Waals surface area contributed by atoms with Gasteiger partial charge >= 0.3 is 0 Å². The molecule has 0 aromatic heterocycles. The second kappa shape index (κ2) is 13.4. The Kier molecular flexibility index (Phi) is 12.1. The van der Waals surface area contributed by atoms with Gasteiger partial charge in [-0.2, -0.15) is 0 Å². The number of unbranched alkanes of at least 4 members (excludes halogenated alkanes) is 7. The van der Waals surface area contributed by atoms with Gasteiger partial charge in [0.25, 0.3) is 0 Å². The molecule has 1 heterocycles. The molecule has 0 aliphatic carbocycles. The normalized spacial score (nSPS) is 19.7. The number of hydrogen-bond donors (Lipinski definition) is 2. The van der Waals surface area contributed by atoms with Gasteiger partial charge in [0.15, 0.2) is 0 Å². The molecule has 1 fully saturated rings. The van der Waals surface area contributed by atoms with Gasteiger partial charge in [0.2, 0.25) is 5.91 Å². The number of carbonyl (C=O) groups is 1. The lowest BCUT2D eigenvalue weighted by atomic mass is 9.87. The van der Waals surface area contributed by atoms with E-state index in [0.29, 0.717) is 18.6 Å². The average molecular weight is 409 g/mol. The summed E-state index contributed by atoms with van der Waals surface area (Å²) in [6.45, 7) is 10.4. The molecular formula is C25H48N2O2. The molecule has 170 valence electrons. The van der Waals surface area contributed by atoms with Gasteiger partial charge in [-0.15, -0.1) is 0 Å². The minimum atomic E-state index is -0.271. The summed E-state index contributed by atoms with van der Waals surface area (Å²) >= 11 is 0. The number of nitrogens with two attached hydrogens (primary N) is 1. The number of ether oxygens (including phenoxy) is 1. The predicted octanol–water partition coefficient (Wildman–Crippen LogP) is 6.03. The van der Waals surface area contributed by atoms with E-state index in [1.54, 1.807) is 0 Å². The van der Waals surface area contributed by atoms with Crippen LogP contribution in [0.4, 0.5) is 0 Å². The van der Waals surface area contributed by atoms with Crippen molar-refractivity contribution in [2.75, 3.05) is 0 Å². The quantitative estimate of drug-likeness (QED) is 0.175. The standard InChI is InChI=1S/C25H48N2O2/c1-6-7-14-17-21-22(29-21)18-15-12-10-8-9-11-13-16-19-23(28)27-25(4,5)20-24(2,3)26/h12,15,21-22H,6-11,13-14,16-20,26H2,1-5H3,(H,27,28). The first-order chi connectivity index (χ1) is 13.6. The van der Waals surface area contributed by atoms with Gasteiger partial charge in [-0.05, 0) is 66.2 Å². The van der Waals surface area contributed by atoms with Crippen molar-refractivity contribution >= 4 is 5.91 Å². The number of nitrogens with one attached hydrogen (secondary N) is 1. The van der Waals surface area contributed by atoms with Gasteiger partial charge in [-0.25, -0.2) is 0 Å². The summed E-state index contributed by atoms with van der Waals surface area (Å²) in [6.07, 6.45) is 20.3. The second-order valence-electron chi connectivity index (χ2n) is 10.3. The molecule has 1 amide bonds. The Morgan fingerprint density at radius 1 is 0.966 bits per heavy atom. The van der Waals surface area contributed by atoms with Crippen molar-refractivity contribution in [3.63, 3.8) is 0 Å². The summed E-state index contributed by atoms with van der Waals surface area (Å²) < 4.78 is 5.72. The molecule has 0 saturated carbocycles. The number of hydrogen-bond acceptors (Lipinski definition) is 3. The fraction of sp³-hybridized carbons (Fsp3) is 0.880. The number of rotatable bonds is 17. The van der Waals surface area contributed by atoms with E-state index in [4.69, 9.17) is 10.5 Å². The van der Waals surface area contributed by atoms with E-state index in [1.165, 1.54) is 44.9 Å². The van der Waals surface area contributed by atoms with Gasteiger partial charge in [0.1, 0.15) is 0 Å². The van der Waals surface area contributed by atoms with Crippen LogP contribution in [0.15, 0.2) is 12.2 Å². The third-order valence-corrected chi connectivity index (χ3v) is 5.46. The predicted molar refractivity (Wildman–Crippen MR) is 124 cm³/mol. The molecule has 1 rings (SSSR count). The fourth-order valence-electron chi connectivity index (χ4n) is 4.29. The largest absolute Gasteiger partial charge is 0.369 e. The molecule has 3 N–H and O–H groups in total. The minimum Gasteiger partial charge on any atom is -0.369 e. The maximum atomic E-state index is 12.1. The van der Waals surface area contributed by atoms with Crippen LogP contribution in [0, 0.1) is 0 Å². The zero-order valence-corrected chi connectivity index (χ0v) is 19.9. The minimum absolute atomic E-state index is 0.150. The number of amides is 1. The maximum Gasteiger partial charge on any atom is 0.220 e. The molecule has 4 heteroatoms. The highest BCUT2D eigenvalue weighted by atomic mass is 16.6. The number of allylic oxidation sites excluding steroid dienone is 1. The molecule has 0 bridgehead atoms. The fourth-order valence-corrected chi connectivity index (χ4v) is 4.29. The van der Waals surface area contributed by atoms with Crippen LogP contribution >= 0.6 is 0 Å². The SMILES string of the molecule is CCCCCC1OC1CC=CCCCCCCCC(=O)NC(C)(C)CC(C)(C)N. The van der Waals surface area contributed by atoms with Crippen LogP contribution in [0.2, 0.25) is 0 Å². The Hall–Kier alpha value is -0.870. The van der Waals surface area contributed by atoms with Crippen molar-refractivity contribution in [2.45, 2.75) is 141 Å². The molecule has 0 aromatic carbocycles. The smallest absolute Gasteiger partial charge is 0.220 e. The van der Waals surface area contributed by atoms with Crippen molar-refractivity contribution in [2.24, 2.45) is 5.73 Å². The first kappa shape index (κ1) is 26.2. The molecule has 29 heavy (non-hydrogen) atoms. The van der Waals surface area contributed by atoms with E-state index in [0.717, 1.165) is 32.1 Å². The Bertz CT molecular complexity index is 480. The summed E-state index contributed by atoms with van der Waals surface area (Å²) in [4.78, 5) is 12.1. The number of carbonyl (C=O) groups excluding carboxylic acids is 1. The molecule has 4 nitrogen and oxygen atoms in total. The van der Waals surface area contributed by atoms with Gasteiger partial charge < -0.3 is 15.8 Å². The van der Waals surface area contributed by atoms with Gasteiger partial charge in [0.05, 0.1) is 12.2 Å². The summed E-state index contributed by atoms with van der Waals surface area (Å²) in [5.74, 6) is 0.150. The summed E-state index contributed by atoms with van der Waals surface area (Å²) in [5, 5.41) is 3.13. The van der Waals surface area contributed by atoms with E-state index in [9.17, 15) is 4.79 Å². The second-order valence-corrected chi connectivity index (χ2v) is 10.3. The highest BCUT2D eigenvalue weighted by Gasteiger charge is 2.36. The lowest BCUT2D eigenvalue weighted by molar-refractivity contribution is -0.123. The molecular weight excluding hydrogens is 360 g/mol. The molecule has 0 aromatic rings. The van der Waals surface area contributed by atoms with Crippen molar-refractivity contribution in [3.8, 4) is 0 Å². The molecule has 1 aliphatic rings. The van der Waals surface area contributed by atoms with Crippen molar-refractivity contribution < 1.29 is 9.53 Å². The Morgan fingerprint density at radius 2 is 1.66 bits per heavy atom. The van der Waals surface area contributed by atoms with Gasteiger partial charge in [-0.3, -0.25) is 4.79 Å². The van der Waals surface area contributed by atoms with Crippen LogP contribution in [0.3, 0.4) is 0 Å². The first-order valence-electron chi connectivity index (χ1n) is 12.0. The lowest BCUT2D eigenvalue weighted by Crippen LogP contribution is -2.50. The summed E-state index contributed by atoms with van der Waals surface area (Å²) in [5.41, 5.74) is 5.56. The monoisotopic (exact) mass is 408 g/mol. The maximum absolute atomic E-state index is 12.1. The molecule has 2 unspecified atom stereocenters. The van der Waals surface area contributed by atoms with E-state index >= 15 is 0 Å². The molecule has 0 radical (unpaired) electrons. The first-order valence-corrected chi connectivity index (χ1v) is 12.0. The van der Waals surface area contributed by atoms with Crippen LogP contribution in [-0.4, -0.2) is 29.2 Å². The molecule has 0 spiro atoms. The topological polar surface area (TPSA) is 67.7 Å². The van der Waals surface area contributed by atoms with E-state index in [-0.39, 0.29) is 17.0 Å². The summed E-state index contributed by atoms with van der Waals surface area (Å²) in [6, 6.07) is 0. The summed E-state index contributed by atoms with van der Waals surface area (Å²) in [7, 11) is 0. The third-order valence-electron chi connectivity index (χ3n) is 5.46. The lowest BCUT2D eigenvalue weighted by Gasteiger charge is -2.33. The average Bonchev–Trinajstić information content (AvgIpc) is 3.32. The van der Waals surface area contributed by atoms with Crippen molar-refractivity contribution in [1.82, 2.24) is 5.32 Å². The molecule has 1 aliphatic heterocycles. The van der Waals surface area contributed by atoms with E-state index in [2.05, 4.69) is 38.2 Å². The van der Waals surface area contributed by atoms with Crippen LogP contribution < -0.4 is 11.1 Å². The van der Waals surface area contributed by atoms with Gasteiger partial charge in [0, 0.05) is 17.5 Å².